The first-order valence-electron chi connectivity index (χ1n) is 4.89. The van der Waals surface area contributed by atoms with Crippen molar-refractivity contribution in [2.24, 2.45) is 5.41 Å². The van der Waals surface area contributed by atoms with E-state index in [1.807, 2.05) is 0 Å². The molecule has 0 spiro atoms. The SMILES string of the molecule is CC12CCCC(CS(=O)(=O)F)(C1)OC2. The van der Waals surface area contributed by atoms with E-state index >= 15 is 0 Å². The Labute approximate surface area is 83.8 Å². The van der Waals surface area contributed by atoms with Crippen molar-refractivity contribution >= 4 is 10.2 Å². The number of fused-ring (bicyclic) bond motifs is 2. The summed E-state index contributed by atoms with van der Waals surface area (Å²) in [6, 6.07) is 0. The lowest BCUT2D eigenvalue weighted by Gasteiger charge is -2.33. The fraction of sp³-hybridized carbons (Fsp3) is 1.00. The largest absolute Gasteiger partial charge is 0.373 e. The van der Waals surface area contributed by atoms with Crippen LogP contribution in [0.3, 0.4) is 0 Å². The lowest BCUT2D eigenvalue weighted by molar-refractivity contribution is 0.0170. The van der Waals surface area contributed by atoms with Gasteiger partial charge in [-0.25, -0.2) is 0 Å². The van der Waals surface area contributed by atoms with Crippen molar-refractivity contribution in [1.82, 2.24) is 0 Å². The highest BCUT2D eigenvalue weighted by molar-refractivity contribution is 7.86. The molecule has 82 valence electrons. The Morgan fingerprint density at radius 1 is 1.43 bits per heavy atom. The van der Waals surface area contributed by atoms with Crippen LogP contribution in [-0.2, 0) is 15.0 Å². The van der Waals surface area contributed by atoms with Crippen molar-refractivity contribution in [2.75, 3.05) is 12.4 Å². The minimum Gasteiger partial charge on any atom is -0.373 e. The summed E-state index contributed by atoms with van der Waals surface area (Å²) in [4.78, 5) is 0. The highest BCUT2D eigenvalue weighted by Crippen LogP contribution is 2.50. The molecule has 2 bridgehead atoms. The molecule has 0 amide bonds. The van der Waals surface area contributed by atoms with Gasteiger partial charge in [-0.15, -0.1) is 3.89 Å². The van der Waals surface area contributed by atoms with E-state index < -0.39 is 21.6 Å². The second kappa shape index (κ2) is 2.92. The lowest BCUT2D eigenvalue weighted by Crippen LogP contribution is -2.38. The van der Waals surface area contributed by atoms with Gasteiger partial charge in [0.2, 0.25) is 0 Å². The molecule has 5 heteroatoms. The third-order valence-corrected chi connectivity index (χ3v) is 4.19. The maximum atomic E-state index is 12.6. The number of hydrogen-bond donors (Lipinski definition) is 0. The predicted octanol–water partition coefficient (Wildman–Crippen LogP) is 1.64. The molecule has 14 heavy (non-hydrogen) atoms. The Morgan fingerprint density at radius 3 is 2.79 bits per heavy atom. The highest BCUT2D eigenvalue weighted by atomic mass is 32.3. The van der Waals surface area contributed by atoms with Crippen LogP contribution in [0.5, 0.6) is 0 Å². The molecule has 0 aromatic rings. The zero-order valence-corrected chi connectivity index (χ0v) is 9.07. The van der Waals surface area contributed by atoms with Crippen LogP contribution in [-0.4, -0.2) is 26.4 Å². The number of rotatable bonds is 2. The molecule has 1 saturated heterocycles. The van der Waals surface area contributed by atoms with Gasteiger partial charge in [0.1, 0.15) is 5.75 Å². The molecule has 1 aliphatic heterocycles. The minimum atomic E-state index is -4.42. The second-order valence-corrected chi connectivity index (χ2v) is 6.36. The van der Waals surface area contributed by atoms with E-state index in [1.54, 1.807) is 0 Å². The molecule has 1 saturated carbocycles. The van der Waals surface area contributed by atoms with Crippen LogP contribution in [0.1, 0.15) is 32.6 Å². The van der Waals surface area contributed by atoms with Crippen LogP contribution in [0.25, 0.3) is 0 Å². The quantitative estimate of drug-likeness (QED) is 0.667. The Morgan fingerprint density at radius 2 is 2.14 bits per heavy atom. The molecule has 2 atom stereocenters. The molecule has 2 aliphatic rings. The molecule has 1 aliphatic carbocycles. The molecular formula is C9H15FO3S. The minimum absolute atomic E-state index is 0.0724. The smallest absolute Gasteiger partial charge is 0.305 e. The van der Waals surface area contributed by atoms with Gasteiger partial charge in [0.25, 0.3) is 0 Å². The van der Waals surface area contributed by atoms with E-state index in [4.69, 9.17) is 4.74 Å². The summed E-state index contributed by atoms with van der Waals surface area (Å²) in [5, 5.41) is 0. The number of ether oxygens (including phenoxy) is 1. The number of hydrogen-bond acceptors (Lipinski definition) is 3. The second-order valence-electron chi connectivity index (χ2n) is 5.00. The van der Waals surface area contributed by atoms with Gasteiger partial charge >= 0.3 is 10.2 Å². The Bertz CT molecular complexity index is 340. The summed E-state index contributed by atoms with van der Waals surface area (Å²) in [6.45, 7) is 2.65. The van der Waals surface area contributed by atoms with Gasteiger partial charge in [0.15, 0.2) is 0 Å². The summed E-state index contributed by atoms with van der Waals surface area (Å²) in [5.41, 5.74) is -0.649. The Hall–Kier alpha value is -0.160. The van der Waals surface area contributed by atoms with Gasteiger partial charge in [0.05, 0.1) is 12.2 Å². The molecule has 0 aromatic carbocycles. The van der Waals surface area contributed by atoms with Crippen LogP contribution in [0, 0.1) is 5.41 Å². The van der Waals surface area contributed by atoms with E-state index in [0.29, 0.717) is 19.4 Å². The van der Waals surface area contributed by atoms with Gasteiger partial charge in [-0.2, -0.15) is 8.42 Å². The maximum Gasteiger partial charge on any atom is 0.305 e. The molecule has 2 rings (SSSR count). The molecule has 3 nitrogen and oxygen atoms in total. The fourth-order valence-corrected chi connectivity index (χ4v) is 3.80. The first-order valence-corrected chi connectivity index (χ1v) is 6.44. The van der Waals surface area contributed by atoms with Crippen LogP contribution < -0.4 is 0 Å². The van der Waals surface area contributed by atoms with E-state index in [0.717, 1.165) is 12.8 Å². The highest BCUT2D eigenvalue weighted by Gasteiger charge is 2.51. The summed E-state index contributed by atoms with van der Waals surface area (Å²) in [7, 11) is -4.42. The van der Waals surface area contributed by atoms with Crippen LogP contribution in [0.2, 0.25) is 0 Å². The van der Waals surface area contributed by atoms with Crippen molar-refractivity contribution in [3.05, 3.63) is 0 Å². The first-order chi connectivity index (χ1) is 6.33. The monoisotopic (exact) mass is 222 g/mol. The van der Waals surface area contributed by atoms with Gasteiger partial charge in [-0.05, 0) is 31.1 Å². The topological polar surface area (TPSA) is 43.4 Å². The Balaban J connectivity index is 2.18. The first kappa shape index (κ1) is 10.4. The summed E-state index contributed by atoms with van der Waals surface area (Å²) in [6.07, 6.45) is 3.35. The summed E-state index contributed by atoms with van der Waals surface area (Å²) >= 11 is 0. The van der Waals surface area contributed by atoms with Crippen molar-refractivity contribution < 1.29 is 17.0 Å². The van der Waals surface area contributed by atoms with Crippen molar-refractivity contribution in [3.8, 4) is 0 Å². The molecule has 1 heterocycles. The maximum absolute atomic E-state index is 12.6. The van der Waals surface area contributed by atoms with Crippen LogP contribution in [0.4, 0.5) is 3.89 Å². The van der Waals surface area contributed by atoms with E-state index in [9.17, 15) is 12.3 Å². The fourth-order valence-electron chi connectivity index (χ4n) is 2.84. The standard InChI is InChI=1S/C9H15FO3S/c1-8-3-2-4-9(5-8,13-6-8)7-14(10,11)12/h2-7H2,1H3. The summed E-state index contributed by atoms with van der Waals surface area (Å²) < 4.78 is 39.4. The average Bonchev–Trinajstić information content (AvgIpc) is 2.18. The lowest BCUT2D eigenvalue weighted by atomic mass is 9.72. The zero-order chi connectivity index (χ0) is 10.4. The third-order valence-electron chi connectivity index (χ3n) is 3.32. The predicted molar refractivity (Wildman–Crippen MR) is 50.2 cm³/mol. The van der Waals surface area contributed by atoms with Crippen molar-refractivity contribution in [1.29, 1.82) is 0 Å². The van der Waals surface area contributed by atoms with E-state index in [2.05, 4.69) is 6.92 Å². The van der Waals surface area contributed by atoms with E-state index in [-0.39, 0.29) is 5.41 Å². The van der Waals surface area contributed by atoms with E-state index in [1.165, 1.54) is 0 Å². The number of halogens is 1. The molecule has 0 aromatic heterocycles. The molecule has 2 fully saturated rings. The van der Waals surface area contributed by atoms with Crippen LogP contribution in [0.15, 0.2) is 0 Å². The molecule has 0 N–H and O–H groups in total. The van der Waals surface area contributed by atoms with Gasteiger partial charge in [-0.3, -0.25) is 0 Å². The molecular weight excluding hydrogens is 207 g/mol. The van der Waals surface area contributed by atoms with Gasteiger partial charge in [-0.1, -0.05) is 6.92 Å². The third kappa shape index (κ3) is 1.93. The summed E-state index contributed by atoms with van der Waals surface area (Å²) in [5.74, 6) is -0.463. The molecule has 2 unspecified atom stereocenters. The normalized spacial score (nSPS) is 42.7. The van der Waals surface area contributed by atoms with Crippen LogP contribution >= 0.6 is 0 Å². The van der Waals surface area contributed by atoms with Gasteiger partial charge in [0, 0.05) is 0 Å². The average molecular weight is 222 g/mol. The molecule has 0 radical (unpaired) electrons. The zero-order valence-electron chi connectivity index (χ0n) is 8.25. The van der Waals surface area contributed by atoms with Crippen molar-refractivity contribution in [3.63, 3.8) is 0 Å². The Kier molecular flexibility index (Phi) is 2.16. The van der Waals surface area contributed by atoms with Crippen molar-refractivity contribution in [2.45, 2.75) is 38.2 Å². The van der Waals surface area contributed by atoms with Gasteiger partial charge < -0.3 is 4.74 Å².